The van der Waals surface area contributed by atoms with Crippen LogP contribution < -0.4 is 24.8 Å². The molecule has 0 bridgehead atoms. The molecule has 0 saturated carbocycles. The third-order valence-corrected chi connectivity index (χ3v) is 2.53. The minimum atomic E-state index is 0. The first-order chi connectivity index (χ1) is 4.36. The molecule has 1 heterocycles. The molecule has 0 N–H and O–H groups in total. The minimum absolute atomic E-state index is 0. The molecule has 64 valence electrons. The smallest absolute Gasteiger partial charge is 1.00 e. The summed E-state index contributed by atoms with van der Waals surface area (Å²) in [6.07, 6.45) is 3.46. The van der Waals surface area contributed by atoms with Crippen LogP contribution in [0.2, 0.25) is 0 Å². The van der Waals surface area contributed by atoms with E-state index in [0.29, 0.717) is 0 Å². The Labute approximate surface area is 108 Å². The molecule has 0 nitrogen and oxygen atoms in total. The van der Waals surface area contributed by atoms with Crippen LogP contribution in [-0.2, 0) is 32.6 Å². The summed E-state index contributed by atoms with van der Waals surface area (Å²) >= 11 is 1.84. The van der Waals surface area contributed by atoms with Crippen LogP contribution in [0, 0.1) is 0 Å². The van der Waals surface area contributed by atoms with Gasteiger partial charge in [0.25, 0.3) is 0 Å². The van der Waals surface area contributed by atoms with E-state index in [4.69, 9.17) is 0 Å². The Morgan fingerprint density at radius 2 is 2.00 bits per heavy atom. The maximum Gasteiger partial charge on any atom is 2.00 e. The molecule has 0 atom stereocenters. The molecule has 0 saturated heterocycles. The van der Waals surface area contributed by atoms with Crippen molar-refractivity contribution in [1.29, 1.82) is 0 Å². The predicted molar refractivity (Wildman–Crippen MR) is 41.7 cm³/mol. The van der Waals surface area contributed by atoms with E-state index in [1.54, 1.807) is 0 Å². The molecule has 0 amide bonds. The molecule has 0 fully saturated rings. The molecule has 1 aliphatic rings. The number of hydrogen-bond acceptors (Lipinski definition) is 1. The molecule has 0 unspecified atom stereocenters. The summed E-state index contributed by atoms with van der Waals surface area (Å²) in [7, 11) is 0. The van der Waals surface area contributed by atoms with E-state index in [-0.39, 0.29) is 51.0 Å². The maximum atomic E-state index is 2.28. The van der Waals surface area contributed by atoms with Gasteiger partial charge >= 0.3 is 26.2 Å². The van der Waals surface area contributed by atoms with E-state index in [1.165, 1.54) is 22.4 Å². The Bertz CT molecular complexity index is 268. The van der Waals surface area contributed by atoms with Crippen LogP contribution in [0.25, 0.3) is 6.08 Å². The van der Waals surface area contributed by atoms with Gasteiger partial charge in [-0.3, -0.25) is 0 Å². The summed E-state index contributed by atoms with van der Waals surface area (Å²) in [5.41, 5.74) is 3.01. The van der Waals surface area contributed by atoms with Gasteiger partial charge in [-0.25, -0.2) is 0 Å². The second kappa shape index (κ2) is 6.37. The normalized spacial score (nSPS) is 11.6. The number of thiophene rings is 1. The molecule has 0 aromatic carbocycles. The van der Waals surface area contributed by atoms with Gasteiger partial charge < -0.3 is 24.8 Å². The fraction of sp³-hybridized carbons (Fsp3) is 0.250. The van der Waals surface area contributed by atoms with Gasteiger partial charge in [0.1, 0.15) is 0 Å². The molecule has 12 heavy (non-hydrogen) atoms. The molecule has 1 aromatic rings. The molecule has 0 radical (unpaired) electrons. The van der Waals surface area contributed by atoms with Crippen molar-refractivity contribution in [1.82, 2.24) is 0 Å². The quantitative estimate of drug-likeness (QED) is 0.471. The van der Waals surface area contributed by atoms with Crippen LogP contribution in [0.5, 0.6) is 0 Å². The maximum absolute atomic E-state index is 2.28. The number of halogens is 2. The standard InChI is InChI=1S/C8H8S.2ClH.Zr/c1-6-4-7-2-3-9-8(7)5-6;;;/h2-3,5H,4H2,1H3;2*1H;/q;;;+2/p-2. The van der Waals surface area contributed by atoms with Crippen molar-refractivity contribution in [2.75, 3.05) is 0 Å². The topological polar surface area (TPSA) is 0 Å². The van der Waals surface area contributed by atoms with Gasteiger partial charge in [-0.2, -0.15) is 0 Å². The van der Waals surface area contributed by atoms with Crippen LogP contribution in [0.1, 0.15) is 17.4 Å². The molecule has 1 aliphatic carbocycles. The predicted octanol–water partition coefficient (Wildman–Crippen LogP) is -3.29. The van der Waals surface area contributed by atoms with Gasteiger partial charge in [0.15, 0.2) is 0 Å². The Hall–Kier alpha value is 0.903. The average molecular weight is 298 g/mol. The average Bonchev–Trinajstić information content (AvgIpc) is 2.22. The molecule has 4 heteroatoms. The van der Waals surface area contributed by atoms with Gasteiger partial charge in [0.05, 0.1) is 0 Å². The number of fused-ring (bicyclic) bond motifs is 1. The van der Waals surface area contributed by atoms with E-state index in [9.17, 15) is 0 Å². The Kier molecular flexibility index (Phi) is 8.16. The van der Waals surface area contributed by atoms with Crippen molar-refractivity contribution in [2.24, 2.45) is 0 Å². The molecular weight excluding hydrogens is 290 g/mol. The van der Waals surface area contributed by atoms with E-state index >= 15 is 0 Å². The minimum Gasteiger partial charge on any atom is -1.00 e. The zero-order chi connectivity index (χ0) is 6.27. The van der Waals surface area contributed by atoms with Crippen LogP contribution in [0.4, 0.5) is 0 Å². The SMILES string of the molecule is CC1=Cc2sccc2C1.[Cl-].[Cl-].[Zr+2]. The van der Waals surface area contributed by atoms with Gasteiger partial charge in [0.2, 0.25) is 0 Å². The van der Waals surface area contributed by atoms with Gasteiger partial charge in [-0.15, -0.1) is 11.3 Å². The van der Waals surface area contributed by atoms with Crippen molar-refractivity contribution in [2.45, 2.75) is 13.3 Å². The second-order valence-electron chi connectivity index (χ2n) is 2.48. The van der Waals surface area contributed by atoms with E-state index < -0.39 is 0 Å². The van der Waals surface area contributed by atoms with E-state index in [1.807, 2.05) is 11.3 Å². The first kappa shape index (κ1) is 15.4. The largest absolute Gasteiger partial charge is 2.00 e. The molecule has 0 aliphatic heterocycles. The second-order valence-corrected chi connectivity index (χ2v) is 3.43. The zero-order valence-electron chi connectivity index (χ0n) is 6.60. The number of hydrogen-bond donors (Lipinski definition) is 0. The fourth-order valence-electron chi connectivity index (χ4n) is 1.20. The van der Waals surface area contributed by atoms with Crippen LogP contribution in [0.3, 0.4) is 0 Å². The Balaban J connectivity index is 0. The first-order valence-corrected chi connectivity index (χ1v) is 3.98. The Morgan fingerprint density at radius 1 is 1.33 bits per heavy atom. The third kappa shape index (κ3) is 2.99. The summed E-state index contributed by atoms with van der Waals surface area (Å²) < 4.78 is 0. The van der Waals surface area contributed by atoms with Crippen LogP contribution in [-0.4, -0.2) is 0 Å². The van der Waals surface area contributed by atoms with Crippen molar-refractivity contribution in [3.8, 4) is 0 Å². The molecular formula is C8H8Cl2SZr. The van der Waals surface area contributed by atoms with Gasteiger partial charge in [-0.1, -0.05) is 5.57 Å². The van der Waals surface area contributed by atoms with Crippen LogP contribution >= 0.6 is 11.3 Å². The zero-order valence-corrected chi connectivity index (χ0v) is 11.4. The van der Waals surface area contributed by atoms with Crippen LogP contribution in [0.15, 0.2) is 17.0 Å². The fourth-order valence-corrected chi connectivity index (χ4v) is 2.13. The van der Waals surface area contributed by atoms with E-state index in [0.717, 1.165) is 0 Å². The number of allylic oxidation sites excluding steroid dienone is 1. The van der Waals surface area contributed by atoms with Crippen molar-refractivity contribution >= 4 is 17.4 Å². The summed E-state index contributed by atoms with van der Waals surface area (Å²) in [6.45, 7) is 2.19. The molecule has 1 aromatic heterocycles. The Morgan fingerprint density at radius 3 is 2.58 bits per heavy atom. The first-order valence-electron chi connectivity index (χ1n) is 3.10. The van der Waals surface area contributed by atoms with E-state index in [2.05, 4.69) is 24.4 Å². The van der Waals surface area contributed by atoms with Gasteiger partial charge in [-0.05, 0) is 36.4 Å². The molecule has 2 rings (SSSR count). The van der Waals surface area contributed by atoms with Crippen molar-refractivity contribution in [3.05, 3.63) is 27.5 Å². The number of rotatable bonds is 0. The summed E-state index contributed by atoms with van der Waals surface area (Å²) in [5.74, 6) is 0. The third-order valence-electron chi connectivity index (χ3n) is 1.63. The van der Waals surface area contributed by atoms with Crippen molar-refractivity contribution < 1.29 is 51.0 Å². The molecule has 0 spiro atoms. The monoisotopic (exact) mass is 296 g/mol. The summed E-state index contributed by atoms with van der Waals surface area (Å²) in [4.78, 5) is 1.47. The van der Waals surface area contributed by atoms with Crippen molar-refractivity contribution in [3.63, 3.8) is 0 Å². The summed E-state index contributed by atoms with van der Waals surface area (Å²) in [5, 5.41) is 2.16. The van der Waals surface area contributed by atoms with Gasteiger partial charge in [0, 0.05) is 4.88 Å². The summed E-state index contributed by atoms with van der Waals surface area (Å²) in [6, 6.07) is 2.22.